The molecule has 3 nitrogen and oxygen atoms in total. The van der Waals surface area contributed by atoms with Crippen LogP contribution in [-0.4, -0.2) is 21.5 Å². The van der Waals surface area contributed by atoms with Gasteiger partial charge in [-0.05, 0) is 42.5 Å². The summed E-state index contributed by atoms with van der Waals surface area (Å²) in [4.78, 5) is 27.1. The van der Waals surface area contributed by atoms with Crippen LogP contribution in [0, 0.1) is 29.5 Å². The number of hydrogen-bond donors (Lipinski definition) is 0. The predicted octanol–water partition coefficient (Wildman–Crippen LogP) is 3.11. The molecule has 0 aromatic heterocycles. The number of rotatable bonds is 1. The first-order valence-electron chi connectivity index (χ1n) is 6.92. The average Bonchev–Trinajstić information content (AvgIpc) is 3.06. The van der Waals surface area contributed by atoms with Gasteiger partial charge in [0.25, 0.3) is 0 Å². The summed E-state index contributed by atoms with van der Waals surface area (Å²) in [6.45, 7) is 0. The zero-order valence-corrected chi connectivity index (χ0v) is 14.1. The lowest BCUT2D eigenvalue weighted by Crippen LogP contribution is -2.37. The highest BCUT2D eigenvalue weighted by atomic mass is 79.9. The maximum atomic E-state index is 13.0. The lowest BCUT2D eigenvalue weighted by atomic mass is 9.81. The van der Waals surface area contributed by atoms with Gasteiger partial charge in [0.1, 0.15) is 5.82 Å². The van der Waals surface area contributed by atoms with Crippen LogP contribution in [0.2, 0.25) is 0 Å². The van der Waals surface area contributed by atoms with Gasteiger partial charge in [0.15, 0.2) is 0 Å². The summed E-state index contributed by atoms with van der Waals surface area (Å²) in [6, 6.07) is 5.54. The van der Waals surface area contributed by atoms with Crippen molar-refractivity contribution >= 4 is 49.4 Å². The van der Waals surface area contributed by atoms with E-state index in [1.165, 1.54) is 29.2 Å². The van der Waals surface area contributed by atoms with Gasteiger partial charge in [0.05, 0.1) is 17.5 Å². The number of benzene rings is 1. The maximum absolute atomic E-state index is 13.0. The van der Waals surface area contributed by atoms with E-state index in [-0.39, 0.29) is 51.0 Å². The van der Waals surface area contributed by atoms with Crippen LogP contribution in [0.4, 0.5) is 10.1 Å². The third-order valence-electron chi connectivity index (χ3n) is 5.07. The van der Waals surface area contributed by atoms with Crippen LogP contribution < -0.4 is 4.90 Å². The van der Waals surface area contributed by atoms with E-state index in [1.54, 1.807) is 0 Å². The van der Waals surface area contributed by atoms with Gasteiger partial charge in [-0.3, -0.25) is 14.5 Å². The SMILES string of the molecule is O=C1[C@@H]2[C@H]3C[C@@H]([C@H](Br)[C@@H]3Br)[C@@H]2C(=O)N1c1ccc(F)cc1. The van der Waals surface area contributed by atoms with Crippen molar-refractivity contribution in [2.45, 2.75) is 16.1 Å². The lowest BCUT2D eigenvalue weighted by Gasteiger charge is -2.28. The Kier molecular flexibility index (Phi) is 3.05. The van der Waals surface area contributed by atoms with Crippen LogP contribution in [0.1, 0.15) is 6.42 Å². The summed E-state index contributed by atoms with van der Waals surface area (Å²) in [7, 11) is 0. The van der Waals surface area contributed by atoms with Crippen LogP contribution >= 0.6 is 31.9 Å². The van der Waals surface area contributed by atoms with Gasteiger partial charge in [-0.1, -0.05) is 31.9 Å². The lowest BCUT2D eigenvalue weighted by molar-refractivity contribution is -0.123. The monoisotopic (exact) mass is 415 g/mol. The second-order valence-electron chi connectivity index (χ2n) is 5.99. The molecule has 0 radical (unpaired) electrons. The fourth-order valence-corrected chi connectivity index (χ4v) is 6.07. The quantitative estimate of drug-likeness (QED) is 0.521. The molecule has 4 rings (SSSR count). The number of hydrogen-bond acceptors (Lipinski definition) is 2. The largest absolute Gasteiger partial charge is 0.274 e. The van der Waals surface area contributed by atoms with E-state index >= 15 is 0 Å². The highest BCUT2D eigenvalue weighted by Gasteiger charge is 2.66. The van der Waals surface area contributed by atoms with E-state index in [9.17, 15) is 14.0 Å². The Morgan fingerprint density at radius 2 is 1.43 bits per heavy atom. The molecule has 6 atom stereocenters. The van der Waals surface area contributed by atoms with Gasteiger partial charge in [-0.25, -0.2) is 4.39 Å². The Bertz CT molecular complexity index is 603. The van der Waals surface area contributed by atoms with E-state index in [2.05, 4.69) is 31.9 Å². The molecule has 0 N–H and O–H groups in total. The molecule has 3 fully saturated rings. The van der Waals surface area contributed by atoms with Crippen LogP contribution in [-0.2, 0) is 9.59 Å². The van der Waals surface area contributed by atoms with Crippen LogP contribution in [0.25, 0.3) is 0 Å². The van der Waals surface area contributed by atoms with Gasteiger partial charge >= 0.3 is 0 Å². The standard InChI is InChI=1S/C15H12Br2FNO2/c16-12-8-5-9(13(12)17)11-10(8)14(20)19(15(11)21)7-3-1-6(18)2-4-7/h1-4,8-13H,5H2/t8-,9-,10-,11+,12-,13+/m1/s1. The third-order valence-corrected chi connectivity index (χ3v) is 8.28. The molecule has 0 spiro atoms. The zero-order chi connectivity index (χ0) is 14.9. The molecule has 21 heavy (non-hydrogen) atoms. The molecule has 1 aliphatic heterocycles. The Balaban J connectivity index is 1.73. The molecule has 2 saturated carbocycles. The van der Waals surface area contributed by atoms with E-state index in [1.807, 2.05) is 0 Å². The number of fused-ring (bicyclic) bond motifs is 5. The molecule has 1 saturated heterocycles. The van der Waals surface area contributed by atoms with Crippen LogP contribution in [0.3, 0.4) is 0 Å². The number of anilines is 1. The van der Waals surface area contributed by atoms with Crippen molar-refractivity contribution in [2.75, 3.05) is 4.90 Å². The molecular weight excluding hydrogens is 405 g/mol. The second kappa shape index (κ2) is 4.62. The first-order chi connectivity index (χ1) is 10.0. The van der Waals surface area contributed by atoms with Crippen LogP contribution in [0.5, 0.6) is 0 Å². The minimum Gasteiger partial charge on any atom is -0.274 e. The van der Waals surface area contributed by atoms with Gasteiger partial charge in [0, 0.05) is 9.65 Å². The fraction of sp³-hybridized carbons (Fsp3) is 0.467. The topological polar surface area (TPSA) is 37.4 Å². The number of alkyl halides is 2. The number of amides is 2. The smallest absolute Gasteiger partial charge is 0.238 e. The van der Waals surface area contributed by atoms with E-state index in [0.29, 0.717) is 5.69 Å². The minimum atomic E-state index is -0.376. The molecule has 2 aliphatic carbocycles. The number of halogens is 3. The minimum absolute atomic E-state index is 0.132. The highest BCUT2D eigenvalue weighted by Crippen LogP contribution is 2.60. The summed E-state index contributed by atoms with van der Waals surface area (Å²) >= 11 is 7.30. The molecule has 110 valence electrons. The average molecular weight is 417 g/mol. The highest BCUT2D eigenvalue weighted by molar-refractivity contribution is 9.12. The van der Waals surface area contributed by atoms with Crippen molar-refractivity contribution in [3.8, 4) is 0 Å². The van der Waals surface area contributed by atoms with Gasteiger partial charge in [-0.15, -0.1) is 0 Å². The maximum Gasteiger partial charge on any atom is 0.238 e. The number of nitrogens with zero attached hydrogens (tertiary/aromatic N) is 1. The molecule has 2 bridgehead atoms. The third kappa shape index (κ3) is 1.75. The van der Waals surface area contributed by atoms with Gasteiger partial charge in [0.2, 0.25) is 11.8 Å². The van der Waals surface area contributed by atoms with Crippen molar-refractivity contribution in [1.29, 1.82) is 0 Å². The van der Waals surface area contributed by atoms with Crippen LogP contribution in [0.15, 0.2) is 24.3 Å². The Labute approximate surface area is 138 Å². The summed E-state index contributed by atoms with van der Waals surface area (Å²) in [6.07, 6.45) is 0.913. The molecule has 1 aromatic carbocycles. The first kappa shape index (κ1) is 13.9. The zero-order valence-electron chi connectivity index (χ0n) is 10.9. The number of imide groups is 1. The van der Waals surface area contributed by atoms with Gasteiger partial charge < -0.3 is 0 Å². The molecule has 6 heteroatoms. The van der Waals surface area contributed by atoms with Crippen molar-refractivity contribution < 1.29 is 14.0 Å². The molecule has 2 amide bonds. The Morgan fingerprint density at radius 3 is 1.90 bits per heavy atom. The molecular formula is C15H12Br2FNO2. The van der Waals surface area contributed by atoms with Crippen molar-refractivity contribution in [1.82, 2.24) is 0 Å². The summed E-state index contributed by atoms with van der Waals surface area (Å²) in [5.74, 6) is -0.700. The van der Waals surface area contributed by atoms with Crippen molar-refractivity contribution in [2.24, 2.45) is 23.7 Å². The summed E-state index contributed by atoms with van der Waals surface area (Å²) in [5, 5.41) is 0. The van der Waals surface area contributed by atoms with E-state index in [4.69, 9.17) is 0 Å². The summed E-state index contributed by atoms with van der Waals surface area (Å²) in [5.41, 5.74) is 0.470. The molecule has 3 aliphatic rings. The number of carbonyl (C=O) groups excluding carboxylic acids is 2. The van der Waals surface area contributed by atoms with Gasteiger partial charge in [-0.2, -0.15) is 0 Å². The van der Waals surface area contributed by atoms with Crippen molar-refractivity contribution in [3.05, 3.63) is 30.1 Å². The normalized spacial score (nSPS) is 41.0. The summed E-state index contributed by atoms with van der Waals surface area (Å²) < 4.78 is 13.0. The number of carbonyl (C=O) groups is 2. The molecule has 1 aromatic rings. The Morgan fingerprint density at radius 1 is 0.952 bits per heavy atom. The fourth-order valence-electron chi connectivity index (χ4n) is 4.19. The second-order valence-corrected chi connectivity index (χ2v) is 8.11. The first-order valence-corrected chi connectivity index (χ1v) is 8.75. The predicted molar refractivity (Wildman–Crippen MR) is 82.9 cm³/mol. The van der Waals surface area contributed by atoms with E-state index in [0.717, 1.165) is 6.42 Å². The molecule has 1 heterocycles. The van der Waals surface area contributed by atoms with E-state index < -0.39 is 0 Å². The molecule has 0 unspecified atom stereocenters. The van der Waals surface area contributed by atoms with Crippen molar-refractivity contribution in [3.63, 3.8) is 0 Å². The Hall–Kier alpha value is -0.750.